The average molecular weight is 327 g/mol. The number of nitrogens with one attached hydrogen (secondary N) is 1. The summed E-state index contributed by atoms with van der Waals surface area (Å²) < 4.78 is 12.3. The molecule has 1 N–H and O–H groups in total. The number of aryl methyl sites for hydroxylation is 1. The molecule has 23 heavy (non-hydrogen) atoms. The maximum Gasteiger partial charge on any atom is 0.276 e. The summed E-state index contributed by atoms with van der Waals surface area (Å²) in [5, 5.41) is 9.11. The highest BCUT2D eigenvalue weighted by atomic mass is 32.1. The summed E-state index contributed by atoms with van der Waals surface area (Å²) in [6, 6.07) is 11.0. The number of thiophene rings is 1. The van der Waals surface area contributed by atoms with Crippen molar-refractivity contribution in [2.24, 2.45) is 7.05 Å². The van der Waals surface area contributed by atoms with Gasteiger partial charge in [0.2, 0.25) is 6.79 Å². The number of carbonyl (C=O) groups excluding carboxylic acids is 1. The van der Waals surface area contributed by atoms with E-state index < -0.39 is 0 Å². The molecule has 1 amide bonds. The SMILES string of the molecule is Cn1nc(C(=O)Nc2ccc3c(c2)OCO3)cc1-c1cccs1. The molecule has 0 saturated heterocycles. The van der Waals surface area contributed by atoms with Crippen molar-refractivity contribution in [1.29, 1.82) is 0 Å². The second-order valence-electron chi connectivity index (χ2n) is 5.04. The van der Waals surface area contributed by atoms with Crippen LogP contribution in [0, 0.1) is 0 Å². The summed E-state index contributed by atoms with van der Waals surface area (Å²) in [6.45, 7) is 0.206. The number of benzene rings is 1. The van der Waals surface area contributed by atoms with Crippen molar-refractivity contribution in [3.63, 3.8) is 0 Å². The number of nitrogens with zero attached hydrogens (tertiary/aromatic N) is 2. The summed E-state index contributed by atoms with van der Waals surface area (Å²) in [4.78, 5) is 13.5. The Morgan fingerprint density at radius 2 is 2.13 bits per heavy atom. The number of ether oxygens (including phenoxy) is 2. The standard InChI is InChI=1S/C16H13N3O3S/c1-19-12(15-3-2-6-23-15)8-11(18-19)16(20)17-10-4-5-13-14(7-10)22-9-21-13/h2-8H,9H2,1H3,(H,17,20). The molecule has 0 unspecified atom stereocenters. The fraction of sp³-hybridized carbons (Fsp3) is 0.125. The fourth-order valence-corrected chi connectivity index (χ4v) is 3.18. The Morgan fingerprint density at radius 3 is 2.96 bits per heavy atom. The molecular weight excluding hydrogens is 314 g/mol. The zero-order valence-corrected chi connectivity index (χ0v) is 13.1. The Hall–Kier alpha value is -2.80. The summed E-state index contributed by atoms with van der Waals surface area (Å²) in [7, 11) is 1.83. The van der Waals surface area contributed by atoms with Crippen molar-refractivity contribution in [2.45, 2.75) is 0 Å². The lowest BCUT2D eigenvalue weighted by Gasteiger charge is -2.04. The van der Waals surface area contributed by atoms with E-state index in [-0.39, 0.29) is 12.7 Å². The molecular formula is C16H13N3O3S. The Bertz CT molecular complexity index is 871. The molecule has 1 aliphatic heterocycles. The highest BCUT2D eigenvalue weighted by Gasteiger charge is 2.17. The maximum absolute atomic E-state index is 12.4. The Balaban J connectivity index is 1.57. The van der Waals surface area contributed by atoms with E-state index in [4.69, 9.17) is 9.47 Å². The third-order valence-electron chi connectivity index (χ3n) is 3.52. The molecule has 7 heteroatoms. The molecule has 0 aliphatic carbocycles. The van der Waals surface area contributed by atoms with Crippen LogP contribution in [0.1, 0.15) is 10.5 Å². The fourth-order valence-electron chi connectivity index (χ4n) is 2.40. The molecule has 6 nitrogen and oxygen atoms in total. The lowest BCUT2D eigenvalue weighted by molar-refractivity contribution is 0.102. The minimum atomic E-state index is -0.262. The van der Waals surface area contributed by atoms with E-state index in [9.17, 15) is 4.79 Å². The van der Waals surface area contributed by atoms with Crippen LogP contribution in [0.15, 0.2) is 41.8 Å². The number of hydrogen-bond acceptors (Lipinski definition) is 5. The van der Waals surface area contributed by atoms with Crippen molar-refractivity contribution < 1.29 is 14.3 Å². The molecule has 0 atom stereocenters. The number of hydrogen-bond donors (Lipinski definition) is 1. The Kier molecular flexibility index (Phi) is 3.27. The van der Waals surface area contributed by atoms with Crippen molar-refractivity contribution in [3.8, 4) is 22.1 Å². The quantitative estimate of drug-likeness (QED) is 0.803. The van der Waals surface area contributed by atoms with Crippen molar-refractivity contribution in [1.82, 2.24) is 9.78 Å². The lowest BCUT2D eigenvalue weighted by atomic mass is 10.2. The first-order chi connectivity index (χ1) is 11.2. The van der Waals surface area contributed by atoms with Crippen LogP contribution in [0.3, 0.4) is 0 Å². The molecule has 3 aromatic rings. The van der Waals surface area contributed by atoms with Crippen LogP contribution in [-0.2, 0) is 7.05 Å². The minimum absolute atomic E-state index is 0.206. The van der Waals surface area contributed by atoms with Crippen LogP contribution in [0.4, 0.5) is 5.69 Å². The number of carbonyl (C=O) groups is 1. The van der Waals surface area contributed by atoms with E-state index in [0.717, 1.165) is 10.6 Å². The molecule has 0 radical (unpaired) electrons. The highest BCUT2D eigenvalue weighted by molar-refractivity contribution is 7.13. The topological polar surface area (TPSA) is 65.4 Å². The third-order valence-corrected chi connectivity index (χ3v) is 4.41. The minimum Gasteiger partial charge on any atom is -0.454 e. The van der Waals surface area contributed by atoms with Gasteiger partial charge < -0.3 is 14.8 Å². The first-order valence-electron chi connectivity index (χ1n) is 6.99. The summed E-state index contributed by atoms with van der Waals surface area (Å²) in [6.07, 6.45) is 0. The summed E-state index contributed by atoms with van der Waals surface area (Å²) in [5.41, 5.74) is 1.92. The van der Waals surface area contributed by atoms with Gasteiger partial charge >= 0.3 is 0 Å². The van der Waals surface area contributed by atoms with Crippen LogP contribution in [-0.4, -0.2) is 22.5 Å². The van der Waals surface area contributed by atoms with Gasteiger partial charge in [0.25, 0.3) is 5.91 Å². The van der Waals surface area contributed by atoms with E-state index in [0.29, 0.717) is 22.9 Å². The van der Waals surface area contributed by atoms with E-state index in [2.05, 4.69) is 10.4 Å². The Morgan fingerprint density at radius 1 is 1.26 bits per heavy atom. The normalized spacial score (nSPS) is 12.4. The Labute approximate surface area is 136 Å². The van der Waals surface area contributed by atoms with Gasteiger partial charge in [-0.2, -0.15) is 5.10 Å². The average Bonchev–Trinajstić information content (AvgIpc) is 3.26. The van der Waals surface area contributed by atoms with Gasteiger partial charge in [-0.3, -0.25) is 9.48 Å². The molecule has 1 aromatic carbocycles. The van der Waals surface area contributed by atoms with Gasteiger partial charge in [-0.15, -0.1) is 11.3 Å². The van der Waals surface area contributed by atoms with Crippen molar-refractivity contribution in [3.05, 3.63) is 47.5 Å². The van der Waals surface area contributed by atoms with Gasteiger partial charge in [0.1, 0.15) is 0 Å². The first kappa shape index (κ1) is 13.8. The van der Waals surface area contributed by atoms with Gasteiger partial charge in [0.05, 0.1) is 10.6 Å². The van der Waals surface area contributed by atoms with E-state index in [1.54, 1.807) is 40.3 Å². The number of amides is 1. The molecule has 0 bridgehead atoms. The number of anilines is 1. The van der Waals surface area contributed by atoms with Crippen LogP contribution >= 0.6 is 11.3 Å². The van der Waals surface area contributed by atoms with E-state index in [1.807, 2.05) is 24.6 Å². The van der Waals surface area contributed by atoms with Crippen LogP contribution in [0.25, 0.3) is 10.6 Å². The predicted octanol–water partition coefficient (Wildman–Crippen LogP) is 3.13. The van der Waals surface area contributed by atoms with E-state index in [1.165, 1.54) is 0 Å². The molecule has 4 rings (SSSR count). The van der Waals surface area contributed by atoms with Gasteiger partial charge in [-0.1, -0.05) is 6.07 Å². The highest BCUT2D eigenvalue weighted by Crippen LogP contribution is 2.34. The second-order valence-corrected chi connectivity index (χ2v) is 5.99. The number of aromatic nitrogens is 2. The maximum atomic E-state index is 12.4. The van der Waals surface area contributed by atoms with Crippen molar-refractivity contribution in [2.75, 3.05) is 12.1 Å². The lowest BCUT2D eigenvalue weighted by Crippen LogP contribution is -2.12. The largest absolute Gasteiger partial charge is 0.454 e. The van der Waals surface area contributed by atoms with Gasteiger partial charge in [0.15, 0.2) is 17.2 Å². The number of fused-ring (bicyclic) bond motifs is 1. The number of rotatable bonds is 3. The summed E-state index contributed by atoms with van der Waals surface area (Å²) in [5.74, 6) is 1.05. The second kappa shape index (κ2) is 5.44. The van der Waals surface area contributed by atoms with Gasteiger partial charge in [0, 0.05) is 18.8 Å². The molecule has 116 valence electrons. The van der Waals surface area contributed by atoms with Crippen LogP contribution in [0.5, 0.6) is 11.5 Å². The van der Waals surface area contributed by atoms with E-state index >= 15 is 0 Å². The molecule has 2 aromatic heterocycles. The zero-order chi connectivity index (χ0) is 15.8. The smallest absolute Gasteiger partial charge is 0.276 e. The molecule has 1 aliphatic rings. The first-order valence-corrected chi connectivity index (χ1v) is 7.87. The molecule has 3 heterocycles. The molecule has 0 saturated carbocycles. The van der Waals surface area contributed by atoms with Crippen LogP contribution < -0.4 is 14.8 Å². The molecule has 0 fully saturated rings. The predicted molar refractivity (Wildman–Crippen MR) is 87.0 cm³/mol. The molecule has 0 spiro atoms. The van der Waals surface area contributed by atoms with Gasteiger partial charge in [-0.05, 0) is 29.6 Å². The van der Waals surface area contributed by atoms with Crippen molar-refractivity contribution >= 4 is 22.9 Å². The third kappa shape index (κ3) is 2.55. The van der Waals surface area contributed by atoms with Crippen LogP contribution in [0.2, 0.25) is 0 Å². The van der Waals surface area contributed by atoms with Gasteiger partial charge in [-0.25, -0.2) is 0 Å². The zero-order valence-electron chi connectivity index (χ0n) is 12.3. The summed E-state index contributed by atoms with van der Waals surface area (Å²) >= 11 is 1.61. The monoisotopic (exact) mass is 327 g/mol.